The number of hydrogen-bond acceptors (Lipinski definition) is 0. The summed E-state index contributed by atoms with van der Waals surface area (Å²) in [5.41, 5.74) is 0. The van der Waals surface area contributed by atoms with E-state index in [2.05, 4.69) is 20.8 Å². The van der Waals surface area contributed by atoms with E-state index in [1.165, 1.54) is 0 Å². The van der Waals surface area contributed by atoms with Crippen molar-refractivity contribution < 1.29 is 2.85 Å². The van der Waals surface area contributed by atoms with Gasteiger partial charge in [0.1, 0.15) is 0 Å². The Bertz CT molecular complexity index is 59.2. The average molecular weight is 161 g/mol. The minimum atomic E-state index is 0. The second kappa shape index (κ2) is 5.81. The average Bonchev–Trinajstić information content (AvgIpc) is 1.87. The Morgan fingerprint density at radius 1 is 1.11 bits per heavy atom. The molecule has 0 radical (unpaired) electrons. The van der Waals surface area contributed by atoms with Crippen molar-refractivity contribution in [3.8, 4) is 0 Å². The van der Waals surface area contributed by atoms with Gasteiger partial charge >= 0.3 is 23.1 Å². The van der Waals surface area contributed by atoms with E-state index in [1.807, 2.05) is 0 Å². The summed E-state index contributed by atoms with van der Waals surface area (Å²) in [7, 11) is 0. The fraction of sp³-hybridized carbons (Fsp3) is 1.00. The Morgan fingerprint density at radius 3 is 1.33 bits per heavy atom. The molecule has 0 heterocycles. The van der Waals surface area contributed by atoms with Gasteiger partial charge in [-0.2, -0.15) is 0 Å². The molecule has 0 N–H and O–H groups in total. The molecule has 0 aromatic carbocycles. The summed E-state index contributed by atoms with van der Waals surface area (Å²) in [5, 5.41) is 0. The SMILES string of the molecule is CCC(Cl)(CC)CC.[H-].[H-].[Mg+2]. The molecular formula is C7H17ClMg. The predicted octanol–water partition coefficient (Wildman–Crippen LogP) is 3.04. The molecular weight excluding hydrogens is 144 g/mol. The van der Waals surface area contributed by atoms with Crippen LogP contribution in [0.2, 0.25) is 0 Å². The van der Waals surface area contributed by atoms with E-state index in [0.29, 0.717) is 0 Å². The molecule has 0 aromatic rings. The van der Waals surface area contributed by atoms with Crippen molar-refractivity contribution in [2.75, 3.05) is 0 Å². The Labute approximate surface area is 82.5 Å². The summed E-state index contributed by atoms with van der Waals surface area (Å²) < 4.78 is 0. The van der Waals surface area contributed by atoms with Gasteiger partial charge in [0, 0.05) is 4.87 Å². The van der Waals surface area contributed by atoms with E-state index in [1.54, 1.807) is 0 Å². The molecule has 0 unspecified atom stereocenters. The molecule has 0 saturated heterocycles. The van der Waals surface area contributed by atoms with Gasteiger partial charge < -0.3 is 2.85 Å². The monoisotopic (exact) mass is 160 g/mol. The van der Waals surface area contributed by atoms with E-state index >= 15 is 0 Å². The van der Waals surface area contributed by atoms with Gasteiger partial charge in [0.15, 0.2) is 0 Å². The Hall–Kier alpha value is 1.06. The fourth-order valence-corrected chi connectivity index (χ4v) is 0.750. The van der Waals surface area contributed by atoms with Crippen molar-refractivity contribution in [1.82, 2.24) is 0 Å². The van der Waals surface area contributed by atoms with Crippen molar-refractivity contribution in [3.63, 3.8) is 0 Å². The summed E-state index contributed by atoms with van der Waals surface area (Å²) in [6.45, 7) is 6.42. The van der Waals surface area contributed by atoms with Gasteiger partial charge in [-0.05, 0) is 19.3 Å². The maximum Gasteiger partial charge on any atom is 2.00 e. The van der Waals surface area contributed by atoms with Crippen LogP contribution in [0.25, 0.3) is 0 Å². The molecule has 0 aromatic heterocycles. The molecule has 0 aliphatic heterocycles. The minimum absolute atomic E-state index is 0. The van der Waals surface area contributed by atoms with Gasteiger partial charge in [-0.3, -0.25) is 0 Å². The first kappa shape index (κ1) is 12.7. The van der Waals surface area contributed by atoms with Gasteiger partial charge in [0.05, 0.1) is 0 Å². The summed E-state index contributed by atoms with van der Waals surface area (Å²) >= 11 is 6.09. The molecule has 0 aliphatic carbocycles. The first-order valence-corrected chi connectivity index (χ1v) is 3.75. The van der Waals surface area contributed by atoms with Gasteiger partial charge in [0.25, 0.3) is 0 Å². The number of halogens is 1. The third-order valence-corrected chi connectivity index (χ3v) is 2.70. The van der Waals surface area contributed by atoms with Crippen LogP contribution in [0, 0.1) is 0 Å². The molecule has 9 heavy (non-hydrogen) atoms. The van der Waals surface area contributed by atoms with Crippen LogP contribution in [-0.2, 0) is 0 Å². The Kier molecular flexibility index (Phi) is 8.21. The summed E-state index contributed by atoms with van der Waals surface area (Å²) in [4.78, 5) is 0.0972. The molecule has 0 spiro atoms. The smallest absolute Gasteiger partial charge is 1.00 e. The maximum atomic E-state index is 6.09. The van der Waals surface area contributed by atoms with Crippen LogP contribution < -0.4 is 0 Å². The van der Waals surface area contributed by atoms with Crippen LogP contribution in [-0.4, -0.2) is 27.9 Å². The molecule has 0 nitrogen and oxygen atoms in total. The molecule has 0 bridgehead atoms. The molecule has 54 valence electrons. The van der Waals surface area contributed by atoms with Crippen molar-refractivity contribution in [2.24, 2.45) is 0 Å². The van der Waals surface area contributed by atoms with Gasteiger partial charge in [0.2, 0.25) is 0 Å². The zero-order valence-corrected chi connectivity index (χ0v) is 8.88. The number of rotatable bonds is 3. The second-order valence-corrected chi connectivity index (χ2v) is 3.01. The third kappa shape index (κ3) is 4.46. The largest absolute Gasteiger partial charge is 2.00 e. The van der Waals surface area contributed by atoms with Crippen LogP contribution in [0.4, 0.5) is 0 Å². The normalized spacial score (nSPS) is 10.7. The molecule has 0 aliphatic rings. The molecule has 0 saturated carbocycles. The molecule has 0 atom stereocenters. The fourth-order valence-electron chi connectivity index (χ4n) is 0.750. The minimum Gasteiger partial charge on any atom is -1.00 e. The van der Waals surface area contributed by atoms with Crippen LogP contribution in [0.5, 0.6) is 0 Å². The topological polar surface area (TPSA) is 0 Å². The standard InChI is InChI=1S/C7H15Cl.Mg.2H/c1-4-7(8,5-2)6-3;;;/h4-6H2,1-3H3;;;/q;+2;2*-1. The van der Waals surface area contributed by atoms with Crippen molar-refractivity contribution in [1.29, 1.82) is 0 Å². The van der Waals surface area contributed by atoms with Gasteiger partial charge in [-0.25, -0.2) is 0 Å². The summed E-state index contributed by atoms with van der Waals surface area (Å²) in [6, 6.07) is 0. The Balaban J connectivity index is -0.0000000817. The van der Waals surface area contributed by atoms with Crippen LogP contribution in [0.1, 0.15) is 42.9 Å². The predicted molar refractivity (Wildman–Crippen MR) is 47.4 cm³/mol. The summed E-state index contributed by atoms with van der Waals surface area (Å²) in [6.07, 6.45) is 3.25. The van der Waals surface area contributed by atoms with E-state index in [0.717, 1.165) is 19.3 Å². The van der Waals surface area contributed by atoms with Gasteiger partial charge in [-0.1, -0.05) is 20.8 Å². The third-order valence-electron chi connectivity index (χ3n) is 1.90. The van der Waals surface area contributed by atoms with Crippen LogP contribution >= 0.6 is 11.6 Å². The number of hydrogen-bond donors (Lipinski definition) is 0. The van der Waals surface area contributed by atoms with E-state index in [4.69, 9.17) is 11.6 Å². The zero-order chi connectivity index (χ0) is 6.62. The summed E-state index contributed by atoms with van der Waals surface area (Å²) in [5.74, 6) is 0. The molecule has 0 amide bonds. The first-order valence-electron chi connectivity index (χ1n) is 3.37. The molecule has 0 fully saturated rings. The van der Waals surface area contributed by atoms with Gasteiger partial charge in [-0.15, -0.1) is 11.6 Å². The zero-order valence-electron chi connectivity index (χ0n) is 8.71. The van der Waals surface area contributed by atoms with E-state index < -0.39 is 0 Å². The number of alkyl halides is 1. The van der Waals surface area contributed by atoms with E-state index in [9.17, 15) is 0 Å². The maximum absolute atomic E-state index is 6.09. The van der Waals surface area contributed by atoms with E-state index in [-0.39, 0.29) is 30.8 Å². The molecule has 0 rings (SSSR count). The molecule has 2 heteroatoms. The Morgan fingerprint density at radius 2 is 1.33 bits per heavy atom. The van der Waals surface area contributed by atoms with Crippen LogP contribution in [0.3, 0.4) is 0 Å². The van der Waals surface area contributed by atoms with Crippen molar-refractivity contribution in [3.05, 3.63) is 0 Å². The van der Waals surface area contributed by atoms with Crippen molar-refractivity contribution in [2.45, 2.75) is 44.9 Å². The first-order chi connectivity index (χ1) is 3.68. The second-order valence-electron chi connectivity index (χ2n) is 2.21. The van der Waals surface area contributed by atoms with Crippen LogP contribution in [0.15, 0.2) is 0 Å². The van der Waals surface area contributed by atoms with Crippen molar-refractivity contribution >= 4 is 34.7 Å². The quantitative estimate of drug-likeness (QED) is 0.440.